The molecule has 0 heterocycles. The lowest BCUT2D eigenvalue weighted by atomic mass is 10.0. The lowest BCUT2D eigenvalue weighted by molar-refractivity contribution is 0.0981. The van der Waals surface area contributed by atoms with Gasteiger partial charge >= 0.3 is 11.4 Å². The zero-order valence-electron chi connectivity index (χ0n) is 13.6. The normalized spacial score (nSPS) is 11.0. The van der Waals surface area contributed by atoms with E-state index in [0.29, 0.717) is 16.9 Å². The monoisotopic (exact) mass is 349 g/mol. The van der Waals surface area contributed by atoms with E-state index in [1.807, 2.05) is 19.1 Å². The van der Waals surface area contributed by atoms with Gasteiger partial charge in [-0.15, -0.1) is 0 Å². The maximum absolute atomic E-state index is 11.0. The van der Waals surface area contributed by atoms with Crippen molar-refractivity contribution in [2.24, 2.45) is 5.90 Å². The van der Waals surface area contributed by atoms with Crippen molar-refractivity contribution in [2.75, 3.05) is 0 Å². The fourth-order valence-corrected chi connectivity index (χ4v) is 2.10. The summed E-state index contributed by atoms with van der Waals surface area (Å²) in [6, 6.07) is 13.9. The van der Waals surface area contributed by atoms with Gasteiger partial charge in [0.1, 0.15) is 5.75 Å². The van der Waals surface area contributed by atoms with Crippen molar-refractivity contribution >= 4 is 22.9 Å². The van der Waals surface area contributed by atoms with E-state index in [9.17, 15) is 13.8 Å². The molecule has 0 aliphatic carbocycles. The van der Waals surface area contributed by atoms with Gasteiger partial charge in [-0.3, -0.25) is 9.59 Å². The van der Waals surface area contributed by atoms with E-state index in [1.54, 1.807) is 36.4 Å². The predicted octanol–water partition coefficient (Wildman–Crippen LogP) is 2.93. The van der Waals surface area contributed by atoms with Crippen molar-refractivity contribution < 1.29 is 22.3 Å². The summed E-state index contributed by atoms with van der Waals surface area (Å²) >= 11 is -1.91. The molecule has 128 valence electrons. The van der Waals surface area contributed by atoms with Crippen LogP contribution in [0.25, 0.3) is 0 Å². The molecule has 2 rings (SSSR count). The highest BCUT2D eigenvalue weighted by atomic mass is 32.2. The Balaban J connectivity index is 0.000000240. The van der Waals surface area contributed by atoms with Gasteiger partial charge in [0, 0.05) is 11.1 Å². The van der Waals surface area contributed by atoms with E-state index in [0.717, 1.165) is 5.56 Å². The van der Waals surface area contributed by atoms with E-state index in [1.165, 1.54) is 13.8 Å². The van der Waals surface area contributed by atoms with Gasteiger partial charge in [0.15, 0.2) is 11.6 Å². The first-order valence-corrected chi connectivity index (χ1v) is 8.00. The Bertz CT molecular complexity index is 695. The van der Waals surface area contributed by atoms with Gasteiger partial charge in [-0.25, -0.2) is 0 Å². The summed E-state index contributed by atoms with van der Waals surface area (Å²) in [7, 11) is 0. The molecule has 1 unspecified atom stereocenters. The van der Waals surface area contributed by atoms with E-state index >= 15 is 0 Å². The average molecular weight is 349 g/mol. The van der Waals surface area contributed by atoms with Gasteiger partial charge in [-0.2, -0.15) is 14.4 Å². The molecular weight excluding hydrogens is 330 g/mol. The molecule has 2 aromatic carbocycles. The van der Waals surface area contributed by atoms with Crippen LogP contribution in [0.2, 0.25) is 0 Å². The molecular formula is C17H19NO5S. The number of Topliss-reactive ketones (excluding diaryl/α,β-unsaturated/α-hetero) is 2. The van der Waals surface area contributed by atoms with Gasteiger partial charge in [-0.05, 0) is 32.9 Å². The summed E-state index contributed by atoms with van der Waals surface area (Å²) < 4.78 is 19.3. The van der Waals surface area contributed by atoms with Crippen molar-refractivity contribution in [3.63, 3.8) is 0 Å². The number of carbonyl (C=O) groups excluding carboxylic acids is 2. The van der Waals surface area contributed by atoms with Crippen molar-refractivity contribution in [3.05, 3.63) is 65.2 Å². The van der Waals surface area contributed by atoms with E-state index in [-0.39, 0.29) is 11.6 Å². The Morgan fingerprint density at radius 3 is 1.75 bits per heavy atom. The van der Waals surface area contributed by atoms with Gasteiger partial charge in [0.25, 0.3) is 0 Å². The molecule has 1 atom stereocenters. The molecule has 6 nitrogen and oxygen atoms in total. The molecule has 0 aliphatic heterocycles. The van der Waals surface area contributed by atoms with E-state index < -0.39 is 11.4 Å². The topological polar surface area (TPSA) is 95.7 Å². The van der Waals surface area contributed by atoms with Crippen molar-refractivity contribution in [1.29, 1.82) is 0 Å². The maximum atomic E-state index is 11.0. The lowest BCUT2D eigenvalue weighted by Crippen LogP contribution is -2.09. The molecule has 0 radical (unpaired) electrons. The smallest absolute Gasteiger partial charge is 0.377 e. The molecule has 0 aromatic heterocycles. The largest absolute Gasteiger partial charge is 0.379 e. The van der Waals surface area contributed by atoms with Crippen LogP contribution in [0.15, 0.2) is 48.5 Å². The van der Waals surface area contributed by atoms with Crippen LogP contribution in [0.3, 0.4) is 0 Å². The molecule has 24 heavy (non-hydrogen) atoms. The third-order valence-corrected chi connectivity index (χ3v) is 3.44. The Morgan fingerprint density at radius 1 is 0.917 bits per heavy atom. The summed E-state index contributed by atoms with van der Waals surface area (Å²) in [6.07, 6.45) is 0. The summed E-state index contributed by atoms with van der Waals surface area (Å²) in [5.41, 5.74) is 2.11. The summed E-state index contributed by atoms with van der Waals surface area (Å²) in [5.74, 6) is 4.95. The zero-order chi connectivity index (χ0) is 18.1. The Hall–Kier alpha value is -2.35. The maximum Gasteiger partial charge on any atom is 0.377 e. The molecule has 0 saturated heterocycles. The van der Waals surface area contributed by atoms with Crippen LogP contribution >= 0.6 is 0 Å². The Morgan fingerprint density at radius 2 is 1.38 bits per heavy atom. The molecule has 0 saturated carbocycles. The van der Waals surface area contributed by atoms with Crippen LogP contribution in [0.4, 0.5) is 0 Å². The highest BCUT2D eigenvalue weighted by Gasteiger charge is 2.08. The molecule has 0 aliphatic rings. The predicted molar refractivity (Wildman–Crippen MR) is 91.7 cm³/mol. The zero-order valence-corrected chi connectivity index (χ0v) is 14.5. The summed E-state index contributed by atoms with van der Waals surface area (Å²) in [4.78, 5) is 22.0. The van der Waals surface area contributed by atoms with Crippen LogP contribution < -0.4 is 10.1 Å². The average Bonchev–Trinajstić information content (AvgIpc) is 2.57. The van der Waals surface area contributed by atoms with Gasteiger partial charge in [0.2, 0.25) is 0 Å². The molecule has 7 heteroatoms. The van der Waals surface area contributed by atoms with Crippen LogP contribution in [0.1, 0.15) is 40.1 Å². The SMILES string of the molecule is CC(=O)c1ccccc1C(C)=O.Cc1ccc(OS(=O)ON)cc1. The number of ketones is 2. The van der Waals surface area contributed by atoms with E-state index in [2.05, 4.69) is 10.2 Å². The first kappa shape index (κ1) is 19.7. The number of nitrogens with two attached hydrogens (primary N) is 1. The van der Waals surface area contributed by atoms with Crippen LogP contribution in [-0.2, 0) is 15.6 Å². The molecule has 0 spiro atoms. The quantitative estimate of drug-likeness (QED) is 0.658. The standard InChI is InChI=1S/C10H10O2.C7H9NO3S/c1-7(11)9-5-3-4-6-10(9)8(2)12;1-6-2-4-7(5-3-6)10-12(9)11-8/h3-6H,1-2H3;2-5H,8H2,1H3. The minimum Gasteiger partial charge on any atom is -0.379 e. The summed E-state index contributed by atoms with van der Waals surface area (Å²) in [5, 5.41) is 0. The second-order valence-corrected chi connectivity index (χ2v) is 5.62. The number of rotatable bonds is 5. The first-order valence-electron chi connectivity index (χ1n) is 7.00. The minimum atomic E-state index is -1.91. The van der Waals surface area contributed by atoms with E-state index in [4.69, 9.17) is 4.18 Å². The van der Waals surface area contributed by atoms with Crippen molar-refractivity contribution in [2.45, 2.75) is 20.8 Å². The summed E-state index contributed by atoms with van der Waals surface area (Å²) in [6.45, 7) is 4.86. The fraction of sp³-hybridized carbons (Fsp3) is 0.176. The highest BCUT2D eigenvalue weighted by molar-refractivity contribution is 7.75. The Labute approximate surface area is 143 Å². The Kier molecular flexibility index (Phi) is 7.97. The fourth-order valence-electron chi connectivity index (χ4n) is 1.79. The number of carbonyl (C=O) groups is 2. The van der Waals surface area contributed by atoms with Crippen LogP contribution in [0, 0.1) is 6.92 Å². The number of aryl methyl sites for hydroxylation is 1. The molecule has 0 bridgehead atoms. The van der Waals surface area contributed by atoms with Gasteiger partial charge in [0.05, 0.1) is 0 Å². The van der Waals surface area contributed by atoms with Crippen LogP contribution in [-0.4, -0.2) is 15.8 Å². The minimum absolute atomic E-state index is 0.0687. The third-order valence-electron chi connectivity index (χ3n) is 2.95. The second kappa shape index (κ2) is 9.71. The van der Waals surface area contributed by atoms with Gasteiger partial charge in [-0.1, -0.05) is 42.0 Å². The molecule has 0 fully saturated rings. The van der Waals surface area contributed by atoms with Crippen molar-refractivity contribution in [3.8, 4) is 5.75 Å². The lowest BCUT2D eigenvalue weighted by Gasteiger charge is -2.00. The molecule has 2 aromatic rings. The number of hydrogen-bond donors (Lipinski definition) is 1. The number of hydrogen-bond acceptors (Lipinski definition) is 6. The third kappa shape index (κ3) is 6.41. The first-order chi connectivity index (χ1) is 11.3. The second-order valence-electron chi connectivity index (χ2n) is 4.85. The van der Waals surface area contributed by atoms with Gasteiger partial charge < -0.3 is 4.18 Å². The van der Waals surface area contributed by atoms with Crippen molar-refractivity contribution in [1.82, 2.24) is 0 Å². The highest BCUT2D eigenvalue weighted by Crippen LogP contribution is 2.12. The number of benzene rings is 2. The molecule has 0 amide bonds. The molecule has 2 N–H and O–H groups in total. The van der Waals surface area contributed by atoms with Crippen LogP contribution in [0.5, 0.6) is 5.75 Å².